The Bertz CT molecular complexity index is 620. The molecule has 1 aliphatic heterocycles. The quantitative estimate of drug-likeness (QED) is 0.812. The molecule has 3 amide bonds. The van der Waals surface area contributed by atoms with Crippen molar-refractivity contribution in [2.75, 3.05) is 32.7 Å². The van der Waals surface area contributed by atoms with Gasteiger partial charge in [0.1, 0.15) is 5.41 Å². The lowest BCUT2D eigenvalue weighted by Gasteiger charge is -2.37. The fourth-order valence-electron chi connectivity index (χ4n) is 2.90. The Kier molecular flexibility index (Phi) is 6.17. The lowest BCUT2D eigenvalue weighted by molar-refractivity contribution is -0.151. The molecule has 0 radical (unpaired) electrons. The number of benzene rings is 1. The first-order chi connectivity index (χ1) is 11.8. The molecule has 1 aromatic carbocycles. The van der Waals surface area contributed by atoms with Gasteiger partial charge in [0.2, 0.25) is 17.7 Å². The highest BCUT2D eigenvalue weighted by atomic mass is 16.2. The van der Waals surface area contributed by atoms with E-state index >= 15 is 0 Å². The molecule has 1 heterocycles. The maximum atomic E-state index is 12.7. The van der Waals surface area contributed by atoms with Crippen molar-refractivity contribution in [3.8, 4) is 0 Å². The fourth-order valence-corrected chi connectivity index (χ4v) is 2.90. The molecule has 1 fully saturated rings. The van der Waals surface area contributed by atoms with Crippen LogP contribution in [0.3, 0.4) is 0 Å². The average Bonchev–Trinajstić information content (AvgIpc) is 2.61. The van der Waals surface area contributed by atoms with Crippen LogP contribution in [0.4, 0.5) is 0 Å². The van der Waals surface area contributed by atoms with E-state index in [1.54, 1.807) is 23.6 Å². The lowest BCUT2D eigenvalue weighted by Crippen LogP contribution is -2.56. The van der Waals surface area contributed by atoms with Crippen molar-refractivity contribution in [3.05, 3.63) is 35.9 Å². The van der Waals surface area contributed by atoms with Crippen LogP contribution in [0.2, 0.25) is 0 Å². The van der Waals surface area contributed by atoms with Crippen molar-refractivity contribution in [1.82, 2.24) is 15.1 Å². The minimum Gasteiger partial charge on any atom is -0.355 e. The fraction of sp³-hybridized carbons (Fsp3) is 0.526. The number of hydrogen-bond donors (Lipinski definition) is 1. The predicted octanol–water partition coefficient (Wildman–Crippen LogP) is 1.06. The maximum Gasteiger partial charge on any atom is 0.237 e. The molecule has 6 nitrogen and oxygen atoms in total. The molecule has 0 spiro atoms. The first kappa shape index (κ1) is 19.0. The second-order valence-electron chi connectivity index (χ2n) is 6.91. The molecule has 0 unspecified atom stereocenters. The van der Waals surface area contributed by atoms with E-state index in [0.29, 0.717) is 32.7 Å². The zero-order valence-corrected chi connectivity index (χ0v) is 15.2. The van der Waals surface area contributed by atoms with E-state index in [1.807, 2.05) is 30.3 Å². The molecule has 0 aromatic heterocycles. The van der Waals surface area contributed by atoms with Gasteiger partial charge in [-0.3, -0.25) is 14.4 Å². The smallest absolute Gasteiger partial charge is 0.237 e. The molecular weight excluding hydrogens is 318 g/mol. The summed E-state index contributed by atoms with van der Waals surface area (Å²) in [5.41, 5.74) is 0.0296. The first-order valence-corrected chi connectivity index (χ1v) is 8.69. The zero-order valence-electron chi connectivity index (χ0n) is 15.2. The van der Waals surface area contributed by atoms with Crippen molar-refractivity contribution in [2.24, 2.45) is 5.41 Å². The van der Waals surface area contributed by atoms with Crippen molar-refractivity contribution < 1.29 is 14.4 Å². The van der Waals surface area contributed by atoms with Gasteiger partial charge >= 0.3 is 0 Å². The van der Waals surface area contributed by atoms with Crippen molar-refractivity contribution in [1.29, 1.82) is 0 Å². The Morgan fingerprint density at radius 3 is 2.12 bits per heavy atom. The Morgan fingerprint density at radius 2 is 1.56 bits per heavy atom. The van der Waals surface area contributed by atoms with Crippen LogP contribution in [-0.4, -0.2) is 60.2 Å². The molecule has 0 saturated carbocycles. The van der Waals surface area contributed by atoms with Crippen LogP contribution in [0.25, 0.3) is 0 Å². The predicted molar refractivity (Wildman–Crippen MR) is 95.8 cm³/mol. The van der Waals surface area contributed by atoms with Crippen LogP contribution < -0.4 is 5.32 Å². The number of carbonyl (C=O) groups is 3. The van der Waals surface area contributed by atoms with Crippen LogP contribution in [-0.2, 0) is 20.8 Å². The summed E-state index contributed by atoms with van der Waals surface area (Å²) in [6.45, 7) is 7.33. The van der Waals surface area contributed by atoms with Crippen LogP contribution in [0.1, 0.15) is 26.3 Å². The zero-order chi connectivity index (χ0) is 18.4. The summed E-state index contributed by atoms with van der Waals surface area (Å²) >= 11 is 0. The van der Waals surface area contributed by atoms with Gasteiger partial charge in [-0.15, -0.1) is 0 Å². The average molecular weight is 345 g/mol. The summed E-state index contributed by atoms with van der Waals surface area (Å²) in [6.07, 6.45) is 0.730. The van der Waals surface area contributed by atoms with Crippen LogP contribution in [0, 0.1) is 5.41 Å². The topological polar surface area (TPSA) is 69.7 Å². The van der Waals surface area contributed by atoms with Crippen molar-refractivity contribution >= 4 is 17.7 Å². The molecule has 25 heavy (non-hydrogen) atoms. The number of amides is 3. The molecule has 0 atom stereocenters. The number of hydrogen-bond acceptors (Lipinski definition) is 3. The van der Waals surface area contributed by atoms with Crippen LogP contribution >= 0.6 is 0 Å². The van der Waals surface area contributed by atoms with Crippen molar-refractivity contribution in [3.63, 3.8) is 0 Å². The van der Waals surface area contributed by atoms with Gasteiger partial charge in [0.25, 0.3) is 0 Å². The maximum absolute atomic E-state index is 12.7. The van der Waals surface area contributed by atoms with E-state index in [-0.39, 0.29) is 17.7 Å². The molecule has 1 N–H and O–H groups in total. The summed E-state index contributed by atoms with van der Waals surface area (Å²) in [6, 6.07) is 9.90. The Labute approximate surface area is 149 Å². The second kappa shape index (κ2) is 8.14. The first-order valence-electron chi connectivity index (χ1n) is 8.69. The van der Waals surface area contributed by atoms with Gasteiger partial charge in [-0.25, -0.2) is 0 Å². The standard InChI is InChI=1S/C19H27N3O3/c1-15(23)21-11-13-22(14-12-21)18(25)19(2,3)17(24)20-10-9-16-7-5-4-6-8-16/h4-8H,9-14H2,1-3H3,(H,20,24). The molecule has 2 rings (SSSR count). The Morgan fingerprint density at radius 1 is 1.00 bits per heavy atom. The molecule has 1 aliphatic rings. The summed E-state index contributed by atoms with van der Waals surface area (Å²) < 4.78 is 0. The van der Waals surface area contributed by atoms with Gasteiger partial charge in [-0.2, -0.15) is 0 Å². The summed E-state index contributed by atoms with van der Waals surface area (Å²) in [5.74, 6) is -0.430. The number of piperazine rings is 1. The number of carbonyl (C=O) groups excluding carboxylic acids is 3. The molecular formula is C19H27N3O3. The highest BCUT2D eigenvalue weighted by Gasteiger charge is 2.39. The van der Waals surface area contributed by atoms with Gasteiger partial charge < -0.3 is 15.1 Å². The second-order valence-corrected chi connectivity index (χ2v) is 6.91. The minimum atomic E-state index is -1.12. The summed E-state index contributed by atoms with van der Waals surface area (Å²) in [5, 5.41) is 2.87. The number of rotatable bonds is 5. The largest absolute Gasteiger partial charge is 0.355 e. The van der Waals surface area contributed by atoms with Crippen molar-refractivity contribution in [2.45, 2.75) is 27.2 Å². The van der Waals surface area contributed by atoms with E-state index in [2.05, 4.69) is 5.32 Å². The third-order valence-corrected chi connectivity index (χ3v) is 4.66. The van der Waals surface area contributed by atoms with Gasteiger partial charge in [0, 0.05) is 39.6 Å². The van der Waals surface area contributed by atoms with E-state index < -0.39 is 5.41 Å². The van der Waals surface area contributed by atoms with Gasteiger partial charge in [-0.1, -0.05) is 30.3 Å². The van der Waals surface area contributed by atoms with E-state index in [1.165, 1.54) is 6.92 Å². The van der Waals surface area contributed by atoms with Crippen LogP contribution in [0.5, 0.6) is 0 Å². The molecule has 6 heteroatoms. The molecule has 0 aliphatic carbocycles. The lowest BCUT2D eigenvalue weighted by atomic mass is 9.90. The molecule has 0 bridgehead atoms. The summed E-state index contributed by atoms with van der Waals surface area (Å²) in [4.78, 5) is 40.0. The highest BCUT2D eigenvalue weighted by Crippen LogP contribution is 2.20. The molecule has 1 saturated heterocycles. The highest BCUT2D eigenvalue weighted by molar-refractivity contribution is 6.04. The monoisotopic (exact) mass is 345 g/mol. The normalized spacial score (nSPS) is 15.0. The van der Waals surface area contributed by atoms with Crippen LogP contribution in [0.15, 0.2) is 30.3 Å². The Hall–Kier alpha value is -2.37. The Balaban J connectivity index is 1.85. The molecule has 136 valence electrons. The van der Waals surface area contributed by atoms with E-state index in [0.717, 1.165) is 12.0 Å². The molecule has 1 aromatic rings. The van der Waals surface area contributed by atoms with Gasteiger partial charge in [-0.05, 0) is 25.8 Å². The van der Waals surface area contributed by atoms with E-state index in [9.17, 15) is 14.4 Å². The van der Waals surface area contributed by atoms with Gasteiger partial charge in [0.05, 0.1) is 0 Å². The minimum absolute atomic E-state index is 0.0185. The third kappa shape index (κ3) is 4.81. The third-order valence-electron chi connectivity index (χ3n) is 4.66. The SMILES string of the molecule is CC(=O)N1CCN(C(=O)C(C)(C)C(=O)NCCc2ccccc2)CC1. The van der Waals surface area contributed by atoms with E-state index in [4.69, 9.17) is 0 Å². The summed E-state index contributed by atoms with van der Waals surface area (Å²) in [7, 11) is 0. The van der Waals surface area contributed by atoms with Gasteiger partial charge in [0.15, 0.2) is 0 Å². The number of nitrogens with one attached hydrogen (secondary N) is 1. The number of nitrogens with zero attached hydrogens (tertiary/aromatic N) is 2.